The molecule has 3 nitrogen and oxygen atoms in total. The van der Waals surface area contributed by atoms with Crippen molar-refractivity contribution < 1.29 is 23.1 Å². The minimum atomic E-state index is -4.38. The highest BCUT2D eigenvalue weighted by Crippen LogP contribution is 2.40. The summed E-state index contributed by atoms with van der Waals surface area (Å²) in [6.45, 7) is 1.38. The minimum Gasteiger partial charge on any atom is -0.480 e. The fraction of sp³-hybridized carbons (Fsp3) is 0.333. The van der Waals surface area contributed by atoms with Crippen molar-refractivity contribution >= 4 is 23.9 Å². The Balaban J connectivity index is 2.23. The monoisotopic (exact) mass is 289 g/mol. The molecule has 2 unspecified atom stereocenters. The zero-order valence-electron chi connectivity index (χ0n) is 9.81. The lowest BCUT2D eigenvalue weighted by Gasteiger charge is -2.14. The van der Waals surface area contributed by atoms with Crippen molar-refractivity contribution in [2.24, 2.45) is 4.99 Å². The van der Waals surface area contributed by atoms with E-state index in [1.54, 1.807) is 0 Å². The normalized spacial score (nSPS) is 22.7. The van der Waals surface area contributed by atoms with Crippen LogP contribution in [0.4, 0.5) is 13.2 Å². The van der Waals surface area contributed by atoms with Crippen LogP contribution in [0.1, 0.15) is 22.1 Å². The summed E-state index contributed by atoms with van der Waals surface area (Å²) in [6, 6.07) is 3.76. The molecular weight excluding hydrogens is 279 g/mol. The third-order valence-corrected chi connectivity index (χ3v) is 3.99. The van der Waals surface area contributed by atoms with Crippen molar-refractivity contribution in [3.05, 3.63) is 34.9 Å². The van der Waals surface area contributed by atoms with Crippen LogP contribution in [0, 0.1) is 6.92 Å². The summed E-state index contributed by atoms with van der Waals surface area (Å²) < 4.78 is 37.8. The van der Waals surface area contributed by atoms with Crippen LogP contribution in [-0.2, 0) is 11.0 Å². The van der Waals surface area contributed by atoms with E-state index in [1.807, 2.05) is 0 Å². The Morgan fingerprint density at radius 2 is 2.11 bits per heavy atom. The van der Waals surface area contributed by atoms with Crippen molar-refractivity contribution in [3.63, 3.8) is 0 Å². The molecule has 1 aromatic rings. The Morgan fingerprint density at radius 1 is 1.42 bits per heavy atom. The first-order valence-corrected chi connectivity index (χ1v) is 6.32. The molecule has 0 bridgehead atoms. The number of aliphatic carboxylic acids is 1. The smallest absolute Gasteiger partial charge is 0.416 e. The lowest BCUT2D eigenvalue weighted by molar-refractivity contribution is -0.138. The number of carbonyl (C=O) groups is 1. The zero-order valence-corrected chi connectivity index (χ0v) is 10.6. The van der Waals surface area contributed by atoms with Crippen LogP contribution in [0.15, 0.2) is 23.2 Å². The summed E-state index contributed by atoms with van der Waals surface area (Å²) in [7, 11) is 0. The number of nitrogens with zero attached hydrogens (tertiary/aromatic N) is 1. The summed E-state index contributed by atoms with van der Waals surface area (Å²) in [5, 5.41) is 7.62. The SMILES string of the molecule is Cc1cc(C2N=CC(C(=O)O)S2)ccc1C(F)(F)F. The fourth-order valence-corrected chi connectivity index (χ4v) is 2.79. The van der Waals surface area contributed by atoms with Crippen LogP contribution in [0.3, 0.4) is 0 Å². The van der Waals surface area contributed by atoms with Crippen molar-refractivity contribution in [2.45, 2.75) is 23.7 Å². The Hall–Kier alpha value is -1.50. The van der Waals surface area contributed by atoms with Crippen LogP contribution in [0.5, 0.6) is 0 Å². The van der Waals surface area contributed by atoms with E-state index < -0.39 is 28.3 Å². The van der Waals surface area contributed by atoms with Gasteiger partial charge in [-0.25, -0.2) is 0 Å². The van der Waals surface area contributed by atoms with Crippen LogP contribution in [0.2, 0.25) is 0 Å². The van der Waals surface area contributed by atoms with E-state index >= 15 is 0 Å². The van der Waals surface area contributed by atoms with Crippen LogP contribution in [0.25, 0.3) is 0 Å². The van der Waals surface area contributed by atoms with Gasteiger partial charge in [0.15, 0.2) is 0 Å². The number of hydrogen-bond acceptors (Lipinski definition) is 3. The summed E-state index contributed by atoms with van der Waals surface area (Å²) in [4.78, 5) is 14.8. The molecule has 102 valence electrons. The number of aryl methyl sites for hydroxylation is 1. The van der Waals surface area contributed by atoms with Crippen molar-refractivity contribution in [3.8, 4) is 0 Å². The highest BCUT2D eigenvalue weighted by atomic mass is 32.2. The molecule has 2 atom stereocenters. The molecule has 1 aliphatic heterocycles. The van der Waals surface area contributed by atoms with Crippen molar-refractivity contribution in [2.75, 3.05) is 0 Å². The van der Waals surface area contributed by atoms with Gasteiger partial charge in [0.1, 0.15) is 10.6 Å². The second-order valence-electron chi connectivity index (χ2n) is 4.12. The number of hydrogen-bond donors (Lipinski definition) is 1. The van der Waals surface area contributed by atoms with Crippen molar-refractivity contribution in [1.29, 1.82) is 0 Å². The number of carboxylic acid groups (broad SMARTS) is 1. The van der Waals surface area contributed by atoms with Crippen molar-refractivity contribution in [1.82, 2.24) is 0 Å². The number of carboxylic acids is 1. The number of benzene rings is 1. The van der Waals surface area contributed by atoms with Gasteiger partial charge in [-0.15, -0.1) is 11.8 Å². The van der Waals surface area contributed by atoms with Gasteiger partial charge >= 0.3 is 12.1 Å². The molecule has 19 heavy (non-hydrogen) atoms. The van der Waals surface area contributed by atoms with Crippen LogP contribution in [-0.4, -0.2) is 22.5 Å². The molecule has 0 aliphatic carbocycles. The lowest BCUT2D eigenvalue weighted by Crippen LogP contribution is -2.14. The standard InChI is InChI=1S/C12H10F3NO2S/c1-6-4-7(2-3-8(6)12(13,14)15)10-16-5-9(19-10)11(17)18/h2-5,9-10H,1H3,(H,17,18). The molecule has 0 spiro atoms. The van der Waals surface area contributed by atoms with Gasteiger partial charge in [0.2, 0.25) is 0 Å². The van der Waals surface area contributed by atoms with Gasteiger partial charge in [-0.05, 0) is 24.1 Å². The van der Waals surface area contributed by atoms with E-state index in [0.29, 0.717) is 5.56 Å². The van der Waals surface area contributed by atoms with E-state index in [9.17, 15) is 18.0 Å². The van der Waals surface area contributed by atoms with Gasteiger partial charge in [0.05, 0.1) is 5.56 Å². The highest BCUT2D eigenvalue weighted by molar-refractivity contribution is 8.01. The summed E-state index contributed by atoms with van der Waals surface area (Å²) in [5.74, 6) is -1.00. The van der Waals surface area contributed by atoms with Gasteiger partial charge < -0.3 is 5.11 Å². The van der Waals surface area contributed by atoms with Gasteiger partial charge in [-0.3, -0.25) is 9.79 Å². The maximum Gasteiger partial charge on any atom is 0.416 e. The second-order valence-corrected chi connectivity index (χ2v) is 5.34. The van der Waals surface area contributed by atoms with Gasteiger partial charge in [0.25, 0.3) is 0 Å². The minimum absolute atomic E-state index is 0.111. The maximum absolute atomic E-state index is 12.6. The molecule has 0 aromatic heterocycles. The van der Waals surface area contributed by atoms with Crippen LogP contribution >= 0.6 is 11.8 Å². The molecule has 2 rings (SSSR count). The third kappa shape index (κ3) is 2.91. The molecule has 0 radical (unpaired) electrons. The summed E-state index contributed by atoms with van der Waals surface area (Å²) in [6.07, 6.45) is -3.07. The van der Waals surface area contributed by atoms with E-state index in [4.69, 9.17) is 5.11 Å². The largest absolute Gasteiger partial charge is 0.480 e. The van der Waals surface area contributed by atoms with Gasteiger partial charge in [0, 0.05) is 6.21 Å². The van der Waals surface area contributed by atoms with E-state index in [0.717, 1.165) is 17.8 Å². The Morgan fingerprint density at radius 3 is 2.58 bits per heavy atom. The van der Waals surface area contributed by atoms with Gasteiger partial charge in [-0.2, -0.15) is 13.2 Å². The molecule has 1 N–H and O–H groups in total. The molecule has 1 heterocycles. The molecule has 0 saturated carbocycles. The maximum atomic E-state index is 12.6. The molecule has 0 fully saturated rings. The molecular formula is C12H10F3NO2S. The second kappa shape index (κ2) is 4.88. The first-order chi connectivity index (χ1) is 8.79. The lowest BCUT2D eigenvalue weighted by atomic mass is 10.0. The summed E-state index contributed by atoms with van der Waals surface area (Å²) >= 11 is 1.09. The van der Waals surface area contributed by atoms with Gasteiger partial charge in [-0.1, -0.05) is 12.1 Å². The number of thioether (sulfide) groups is 1. The number of rotatable bonds is 2. The average molecular weight is 289 g/mol. The first-order valence-electron chi connectivity index (χ1n) is 5.38. The number of aliphatic imine (C=N–C) groups is 1. The van der Waals surface area contributed by atoms with E-state index in [1.165, 1.54) is 25.3 Å². The van der Waals surface area contributed by atoms with E-state index in [-0.39, 0.29) is 5.56 Å². The molecule has 1 aromatic carbocycles. The third-order valence-electron chi connectivity index (χ3n) is 2.72. The summed E-state index contributed by atoms with van der Waals surface area (Å²) in [5.41, 5.74) is 0.00749. The number of alkyl halides is 3. The molecule has 1 aliphatic rings. The molecule has 0 saturated heterocycles. The predicted octanol–water partition coefficient (Wildman–Crippen LogP) is 3.28. The highest BCUT2D eigenvalue weighted by Gasteiger charge is 2.33. The van der Waals surface area contributed by atoms with E-state index in [2.05, 4.69) is 4.99 Å². The fourth-order valence-electron chi connectivity index (χ4n) is 1.81. The topological polar surface area (TPSA) is 49.7 Å². The first kappa shape index (κ1) is 13.9. The number of halogens is 3. The predicted molar refractivity (Wildman–Crippen MR) is 66.4 cm³/mol. The Bertz CT molecular complexity index is 542. The Kier molecular flexibility index (Phi) is 3.58. The Labute approximate surface area is 111 Å². The van der Waals surface area contributed by atoms with Crippen LogP contribution < -0.4 is 0 Å². The molecule has 0 amide bonds. The quantitative estimate of drug-likeness (QED) is 0.909. The zero-order chi connectivity index (χ0) is 14.2. The average Bonchev–Trinajstić information content (AvgIpc) is 2.76. The molecule has 7 heteroatoms.